The van der Waals surface area contributed by atoms with E-state index in [1.54, 1.807) is 14.0 Å². The summed E-state index contributed by atoms with van der Waals surface area (Å²) < 4.78 is 10.3. The number of methoxy groups -OCH3 is 1. The number of carbonyl (C=O) groups is 2. The van der Waals surface area contributed by atoms with Crippen molar-refractivity contribution >= 4 is 40.9 Å². The number of carboxylic acids is 1. The second-order valence-electron chi connectivity index (χ2n) is 6.08. The van der Waals surface area contributed by atoms with E-state index in [-0.39, 0.29) is 16.6 Å². The molecule has 1 aliphatic rings. The summed E-state index contributed by atoms with van der Waals surface area (Å²) in [5, 5.41) is 12.4. The molecule has 1 aromatic rings. The van der Waals surface area contributed by atoms with Gasteiger partial charge in [-0.05, 0) is 25.5 Å². The largest absolute Gasteiger partial charge is 0.488 e. The van der Waals surface area contributed by atoms with E-state index in [1.807, 2.05) is 0 Å². The van der Waals surface area contributed by atoms with Crippen LogP contribution in [0.15, 0.2) is 12.1 Å². The highest BCUT2D eigenvalue weighted by Crippen LogP contribution is 2.36. The number of anilines is 1. The average Bonchev–Trinajstić information content (AvgIpc) is 2.94. The third kappa shape index (κ3) is 4.68. The van der Waals surface area contributed by atoms with Crippen molar-refractivity contribution in [3.8, 4) is 5.75 Å². The van der Waals surface area contributed by atoms with Crippen LogP contribution < -0.4 is 10.1 Å². The normalized spacial score (nSPS) is 19.8. The van der Waals surface area contributed by atoms with Crippen LogP contribution in [0.4, 0.5) is 10.5 Å². The van der Waals surface area contributed by atoms with Gasteiger partial charge >= 0.3 is 12.0 Å². The fraction of sp³-hybridized carbons (Fsp3) is 0.500. The van der Waals surface area contributed by atoms with Gasteiger partial charge in [-0.1, -0.05) is 23.2 Å². The summed E-state index contributed by atoms with van der Waals surface area (Å²) in [5.74, 6) is -0.593. The molecule has 2 N–H and O–H groups in total. The number of ether oxygens (including phenoxy) is 2. The van der Waals surface area contributed by atoms with Gasteiger partial charge in [-0.15, -0.1) is 0 Å². The lowest BCUT2D eigenvalue weighted by molar-refractivity contribution is -0.146. The SMILES string of the molecule is COCCOc1c(Cl)cc(NC(=O)N2CCC(C)(C(=O)O)C2)cc1Cl. The maximum atomic E-state index is 12.3. The lowest BCUT2D eigenvalue weighted by Gasteiger charge is -2.21. The molecule has 2 amide bonds. The second kappa shape index (κ2) is 8.12. The minimum Gasteiger partial charge on any atom is -0.488 e. The number of benzene rings is 1. The predicted octanol–water partition coefficient (Wildman–Crippen LogP) is 3.35. The number of nitrogens with zero attached hydrogens (tertiary/aromatic N) is 1. The van der Waals surface area contributed by atoms with Crippen LogP contribution in [0.25, 0.3) is 0 Å². The number of amides is 2. The Morgan fingerprint density at radius 1 is 1.32 bits per heavy atom. The molecule has 7 nitrogen and oxygen atoms in total. The molecule has 2 rings (SSSR count). The Kier molecular flexibility index (Phi) is 6.37. The van der Waals surface area contributed by atoms with Crippen LogP contribution in [-0.2, 0) is 9.53 Å². The van der Waals surface area contributed by atoms with Crippen molar-refractivity contribution in [2.45, 2.75) is 13.3 Å². The number of hydrogen-bond donors (Lipinski definition) is 2. The minimum absolute atomic E-state index is 0.147. The van der Waals surface area contributed by atoms with Crippen molar-refractivity contribution < 1.29 is 24.2 Å². The summed E-state index contributed by atoms with van der Waals surface area (Å²) in [6.07, 6.45) is 0.406. The molecule has 0 aromatic heterocycles. The summed E-state index contributed by atoms with van der Waals surface area (Å²) in [7, 11) is 1.55. The number of halogens is 2. The Morgan fingerprint density at radius 2 is 1.96 bits per heavy atom. The molecule has 0 spiro atoms. The number of hydrogen-bond acceptors (Lipinski definition) is 4. The predicted molar refractivity (Wildman–Crippen MR) is 94.8 cm³/mol. The van der Waals surface area contributed by atoms with Gasteiger partial charge in [0.25, 0.3) is 0 Å². The molecular formula is C16H20Cl2N2O5. The molecule has 1 unspecified atom stereocenters. The summed E-state index contributed by atoms with van der Waals surface area (Å²) in [6.45, 7) is 2.83. The fourth-order valence-electron chi connectivity index (χ4n) is 2.51. The van der Waals surface area contributed by atoms with Gasteiger partial charge in [0.15, 0.2) is 5.75 Å². The zero-order valence-corrected chi connectivity index (χ0v) is 15.5. The zero-order chi connectivity index (χ0) is 18.6. The van der Waals surface area contributed by atoms with E-state index in [0.29, 0.717) is 37.6 Å². The Morgan fingerprint density at radius 3 is 2.48 bits per heavy atom. The van der Waals surface area contributed by atoms with Gasteiger partial charge in [0, 0.05) is 25.9 Å². The summed E-state index contributed by atoms with van der Waals surface area (Å²) in [5.41, 5.74) is -0.519. The van der Waals surface area contributed by atoms with E-state index in [2.05, 4.69) is 5.32 Å². The standard InChI is InChI=1S/C16H20Cl2N2O5/c1-16(14(21)22)3-4-20(9-16)15(23)19-10-7-11(17)13(12(18)8-10)25-6-5-24-2/h7-8H,3-6,9H2,1-2H3,(H,19,23)(H,21,22). The third-order valence-electron chi connectivity index (χ3n) is 4.06. The molecule has 0 bridgehead atoms. The van der Waals surface area contributed by atoms with Gasteiger partial charge in [-0.3, -0.25) is 4.79 Å². The first-order chi connectivity index (χ1) is 11.8. The van der Waals surface area contributed by atoms with Gasteiger partial charge in [-0.25, -0.2) is 4.79 Å². The maximum absolute atomic E-state index is 12.3. The molecule has 1 saturated heterocycles. The summed E-state index contributed by atoms with van der Waals surface area (Å²) in [6, 6.07) is 2.66. The lowest BCUT2D eigenvalue weighted by atomic mass is 9.90. The number of nitrogens with one attached hydrogen (secondary N) is 1. The number of carbonyl (C=O) groups excluding carboxylic acids is 1. The lowest BCUT2D eigenvalue weighted by Crippen LogP contribution is -2.37. The van der Waals surface area contributed by atoms with Crippen molar-refractivity contribution in [3.63, 3.8) is 0 Å². The monoisotopic (exact) mass is 390 g/mol. The molecule has 0 saturated carbocycles. The van der Waals surface area contributed by atoms with E-state index >= 15 is 0 Å². The van der Waals surface area contributed by atoms with Crippen LogP contribution in [-0.4, -0.2) is 55.4 Å². The zero-order valence-electron chi connectivity index (χ0n) is 14.0. The number of carboxylic acid groups (broad SMARTS) is 1. The Balaban J connectivity index is 2.03. The highest BCUT2D eigenvalue weighted by Gasteiger charge is 2.42. The first-order valence-corrected chi connectivity index (χ1v) is 8.42. The molecular weight excluding hydrogens is 371 g/mol. The van der Waals surface area contributed by atoms with Crippen molar-refractivity contribution in [2.75, 3.05) is 38.7 Å². The molecule has 1 aliphatic heterocycles. The van der Waals surface area contributed by atoms with E-state index in [4.69, 9.17) is 32.7 Å². The number of rotatable bonds is 6. The molecule has 25 heavy (non-hydrogen) atoms. The second-order valence-corrected chi connectivity index (χ2v) is 6.89. The van der Waals surface area contributed by atoms with Gasteiger partial charge in [0.1, 0.15) is 6.61 Å². The van der Waals surface area contributed by atoms with Crippen LogP contribution in [0.1, 0.15) is 13.3 Å². The first-order valence-electron chi connectivity index (χ1n) is 7.67. The molecule has 1 atom stereocenters. The van der Waals surface area contributed by atoms with Gasteiger partial charge < -0.3 is 24.8 Å². The molecule has 1 aromatic carbocycles. The van der Waals surface area contributed by atoms with Crippen LogP contribution in [0.2, 0.25) is 10.0 Å². The van der Waals surface area contributed by atoms with Gasteiger partial charge in [-0.2, -0.15) is 0 Å². The first kappa shape index (κ1) is 19.6. The molecule has 0 aliphatic carbocycles. The van der Waals surface area contributed by atoms with E-state index in [1.165, 1.54) is 17.0 Å². The molecule has 1 fully saturated rings. The van der Waals surface area contributed by atoms with Crippen LogP contribution in [0, 0.1) is 5.41 Å². The van der Waals surface area contributed by atoms with Crippen LogP contribution >= 0.6 is 23.2 Å². The Bertz CT molecular complexity index is 647. The molecule has 9 heteroatoms. The van der Waals surface area contributed by atoms with Gasteiger partial charge in [0.2, 0.25) is 0 Å². The van der Waals surface area contributed by atoms with Crippen molar-refractivity contribution in [2.24, 2.45) is 5.41 Å². The maximum Gasteiger partial charge on any atom is 0.321 e. The fourth-order valence-corrected chi connectivity index (χ4v) is 3.10. The summed E-state index contributed by atoms with van der Waals surface area (Å²) >= 11 is 12.3. The van der Waals surface area contributed by atoms with Crippen molar-refractivity contribution in [3.05, 3.63) is 22.2 Å². The Hall–Kier alpha value is -1.70. The number of urea groups is 1. The average molecular weight is 391 g/mol. The van der Waals surface area contributed by atoms with E-state index in [9.17, 15) is 14.7 Å². The summed E-state index contributed by atoms with van der Waals surface area (Å²) in [4.78, 5) is 25.1. The quantitative estimate of drug-likeness (QED) is 0.727. The highest BCUT2D eigenvalue weighted by atomic mass is 35.5. The van der Waals surface area contributed by atoms with E-state index in [0.717, 1.165) is 0 Å². The topological polar surface area (TPSA) is 88.1 Å². The van der Waals surface area contributed by atoms with Crippen molar-refractivity contribution in [1.82, 2.24) is 4.90 Å². The van der Waals surface area contributed by atoms with E-state index < -0.39 is 17.4 Å². The molecule has 138 valence electrons. The van der Waals surface area contributed by atoms with Crippen LogP contribution in [0.3, 0.4) is 0 Å². The number of aliphatic carboxylic acids is 1. The molecule has 1 heterocycles. The highest BCUT2D eigenvalue weighted by molar-refractivity contribution is 6.37. The third-order valence-corrected chi connectivity index (χ3v) is 4.62. The smallest absolute Gasteiger partial charge is 0.321 e. The Labute approximate surface area is 155 Å². The number of likely N-dealkylation sites (tertiary alicyclic amines) is 1. The van der Waals surface area contributed by atoms with Gasteiger partial charge in [0.05, 0.1) is 22.1 Å². The van der Waals surface area contributed by atoms with Crippen molar-refractivity contribution in [1.29, 1.82) is 0 Å². The molecule has 0 radical (unpaired) electrons. The minimum atomic E-state index is -0.925. The van der Waals surface area contributed by atoms with Crippen LogP contribution in [0.5, 0.6) is 5.75 Å².